The molecule has 0 radical (unpaired) electrons. The first-order valence-corrected chi connectivity index (χ1v) is 23.0. The number of esters is 6. The number of ether oxygens (including phenoxy) is 9. The Morgan fingerprint density at radius 2 is 0.806 bits per heavy atom. The van der Waals surface area contributed by atoms with E-state index < -0.39 is 97.4 Å². The van der Waals surface area contributed by atoms with Gasteiger partial charge < -0.3 is 42.6 Å². The second-order valence-electron chi connectivity index (χ2n) is 16.7. The Kier molecular flexibility index (Phi) is 15.3. The van der Waals surface area contributed by atoms with Gasteiger partial charge in [-0.15, -0.1) is 0 Å². The number of carbonyl (C=O) groups excluding carboxylic acids is 6. The molecule has 9 rings (SSSR count). The molecule has 0 N–H and O–H groups in total. The highest BCUT2D eigenvalue weighted by molar-refractivity contribution is 5.92. The second kappa shape index (κ2) is 22.8. The number of hydrogen-bond donors (Lipinski definition) is 0. The fourth-order valence-corrected chi connectivity index (χ4v) is 8.48. The largest absolute Gasteiger partial charge is 0.472 e. The van der Waals surface area contributed by atoms with Crippen molar-refractivity contribution >= 4 is 35.8 Å². The Labute approximate surface area is 413 Å². The molecule has 0 saturated carbocycles. The molecule has 1 fully saturated rings. The lowest BCUT2D eigenvalue weighted by molar-refractivity contribution is -0.337. The fraction of sp³-hybridized carbons (Fsp3) is 0.193. The zero-order valence-electron chi connectivity index (χ0n) is 38.3. The molecule has 1 aliphatic carbocycles. The average Bonchev–Trinajstić information content (AvgIpc) is 3.79. The molecule has 6 aromatic carbocycles. The lowest BCUT2D eigenvalue weighted by atomic mass is 9.88. The maximum Gasteiger partial charge on any atom is 0.338 e. The van der Waals surface area contributed by atoms with Gasteiger partial charge in [-0.25, -0.2) is 28.8 Å². The maximum atomic E-state index is 14.2. The molecule has 0 spiro atoms. The lowest BCUT2D eigenvalue weighted by Gasteiger charge is -2.46. The van der Waals surface area contributed by atoms with Crippen LogP contribution in [-0.4, -0.2) is 92.1 Å². The minimum absolute atomic E-state index is 0.0975. The number of rotatable bonds is 16. The smallest absolute Gasteiger partial charge is 0.338 e. The van der Waals surface area contributed by atoms with Crippen molar-refractivity contribution in [2.75, 3.05) is 13.2 Å². The molecule has 2 aliphatic heterocycles. The molecule has 6 aromatic rings. The van der Waals surface area contributed by atoms with Crippen molar-refractivity contribution in [1.82, 2.24) is 0 Å². The predicted molar refractivity (Wildman–Crippen MR) is 255 cm³/mol. The van der Waals surface area contributed by atoms with Crippen molar-refractivity contribution in [3.8, 4) is 0 Å². The van der Waals surface area contributed by atoms with E-state index in [-0.39, 0.29) is 28.9 Å². The molecule has 1 saturated heterocycles. The third kappa shape index (κ3) is 11.5. The van der Waals surface area contributed by atoms with Crippen LogP contribution in [0, 0.1) is 11.8 Å². The highest BCUT2D eigenvalue weighted by Crippen LogP contribution is 2.43. The minimum atomic E-state index is -1.76. The fourth-order valence-electron chi connectivity index (χ4n) is 8.48. The second-order valence-corrected chi connectivity index (χ2v) is 16.7. The van der Waals surface area contributed by atoms with Gasteiger partial charge in [0.2, 0.25) is 12.6 Å². The Bertz CT molecular complexity index is 2900. The predicted octanol–water partition coefficient (Wildman–Crippen LogP) is 8.39. The van der Waals surface area contributed by atoms with Gasteiger partial charge in [0.25, 0.3) is 0 Å². The van der Waals surface area contributed by atoms with E-state index in [1.807, 2.05) is 0 Å². The number of fused-ring (bicyclic) bond motifs is 1. The molecular weight excluding hydrogens is 925 g/mol. The minimum Gasteiger partial charge on any atom is -0.472 e. The zero-order valence-corrected chi connectivity index (χ0v) is 38.3. The van der Waals surface area contributed by atoms with E-state index in [1.54, 1.807) is 158 Å². The van der Waals surface area contributed by atoms with E-state index in [4.69, 9.17) is 42.6 Å². The highest BCUT2D eigenvalue weighted by Gasteiger charge is 2.56. The topological polar surface area (TPSA) is 185 Å². The van der Waals surface area contributed by atoms with Crippen molar-refractivity contribution in [3.05, 3.63) is 239 Å². The summed E-state index contributed by atoms with van der Waals surface area (Å²) in [4.78, 5) is 82.9. The van der Waals surface area contributed by atoms with Gasteiger partial charge in [0.15, 0.2) is 18.3 Å². The van der Waals surface area contributed by atoms with Crippen LogP contribution < -0.4 is 0 Å². The first-order chi connectivity index (χ1) is 35.2. The van der Waals surface area contributed by atoms with Gasteiger partial charge in [-0.1, -0.05) is 109 Å². The molecule has 2 heterocycles. The molecular formula is C57H46O15. The van der Waals surface area contributed by atoms with E-state index in [2.05, 4.69) is 0 Å². The average molecular weight is 971 g/mol. The van der Waals surface area contributed by atoms with Crippen molar-refractivity contribution < 1.29 is 71.4 Å². The molecule has 9 atom stereocenters. The Balaban J connectivity index is 1.10. The maximum absolute atomic E-state index is 14.2. The molecule has 0 aromatic heterocycles. The van der Waals surface area contributed by atoms with Crippen LogP contribution in [0.5, 0.6) is 0 Å². The van der Waals surface area contributed by atoms with Crippen molar-refractivity contribution in [1.29, 1.82) is 0 Å². The molecule has 15 nitrogen and oxygen atoms in total. The van der Waals surface area contributed by atoms with Crippen LogP contribution >= 0.6 is 0 Å². The van der Waals surface area contributed by atoms with Crippen LogP contribution in [-0.2, 0) is 42.6 Å². The summed E-state index contributed by atoms with van der Waals surface area (Å²) in [6, 6.07) is 48.8. The molecule has 72 heavy (non-hydrogen) atoms. The summed E-state index contributed by atoms with van der Waals surface area (Å²) in [5.41, 5.74) is 1.54. The summed E-state index contributed by atoms with van der Waals surface area (Å²) in [6.45, 7) is -0.898. The van der Waals surface area contributed by atoms with Crippen molar-refractivity contribution in [3.63, 3.8) is 0 Å². The first-order valence-electron chi connectivity index (χ1n) is 23.0. The van der Waals surface area contributed by atoms with Crippen LogP contribution in [0.2, 0.25) is 0 Å². The number of hydrogen-bond acceptors (Lipinski definition) is 15. The van der Waals surface area contributed by atoms with E-state index in [0.717, 1.165) is 0 Å². The van der Waals surface area contributed by atoms with E-state index in [9.17, 15) is 28.8 Å². The normalized spacial score (nSPS) is 22.9. The molecule has 364 valence electrons. The van der Waals surface area contributed by atoms with E-state index >= 15 is 0 Å². The zero-order chi connectivity index (χ0) is 49.8. The van der Waals surface area contributed by atoms with Crippen LogP contribution in [0.3, 0.4) is 0 Å². The summed E-state index contributed by atoms with van der Waals surface area (Å²) < 4.78 is 56.0. The molecule has 3 aliphatic rings. The highest BCUT2D eigenvalue weighted by atomic mass is 16.8. The van der Waals surface area contributed by atoms with Gasteiger partial charge in [0.05, 0.1) is 45.6 Å². The Morgan fingerprint density at radius 3 is 1.26 bits per heavy atom. The number of benzene rings is 6. The first kappa shape index (κ1) is 48.4. The third-order valence-electron chi connectivity index (χ3n) is 12.0. The lowest BCUT2D eigenvalue weighted by Crippen LogP contribution is -2.64. The van der Waals surface area contributed by atoms with Gasteiger partial charge in [-0.2, -0.15) is 0 Å². The summed E-state index contributed by atoms with van der Waals surface area (Å²) in [5.74, 6) is -6.22. The summed E-state index contributed by atoms with van der Waals surface area (Å²) in [7, 11) is 0. The standard InChI is InChI=1S/C57H46O15/c58-50(36-19-7-1-8-20-36)65-34-42-33-44(67-52(60)38-23-11-3-12-24-38)43-31-32-64-56(46(42)43)72-57-49(71-55(63)41-29-17-6-18-30-41)48(70-54(62)40-27-15-5-16-28-40)47(69-53(61)39-25-13-4-14-26-39)45(68-57)35-66-51(59)37-21-9-2-10-22-37/h1-33,43-49,56-57H,34-35H2/t43-,44+,45-,46+,47-,48+,49-,56-,57+/m0/s1. The third-order valence-corrected chi connectivity index (χ3v) is 12.0. The van der Waals surface area contributed by atoms with Gasteiger partial charge in [0.1, 0.15) is 25.4 Å². The molecule has 0 unspecified atom stereocenters. The molecule has 0 amide bonds. The van der Waals surface area contributed by atoms with Gasteiger partial charge in [-0.3, -0.25) is 0 Å². The number of carbonyl (C=O) groups is 6. The summed E-state index contributed by atoms with van der Waals surface area (Å²) in [5, 5.41) is 0. The van der Waals surface area contributed by atoms with E-state index in [1.165, 1.54) is 42.7 Å². The van der Waals surface area contributed by atoms with Crippen molar-refractivity contribution in [2.24, 2.45) is 11.8 Å². The van der Waals surface area contributed by atoms with Crippen LogP contribution in [0.4, 0.5) is 0 Å². The summed E-state index contributed by atoms with van der Waals surface area (Å²) >= 11 is 0. The van der Waals surface area contributed by atoms with Crippen molar-refractivity contribution in [2.45, 2.75) is 43.1 Å². The molecule has 15 heteroatoms. The summed E-state index contributed by atoms with van der Waals surface area (Å²) in [6.07, 6.45) is -5.95. The van der Waals surface area contributed by atoms with E-state index in [0.29, 0.717) is 16.7 Å². The van der Waals surface area contributed by atoms with Crippen LogP contribution in [0.15, 0.2) is 206 Å². The van der Waals surface area contributed by atoms with Crippen LogP contribution in [0.25, 0.3) is 0 Å². The van der Waals surface area contributed by atoms with Crippen LogP contribution in [0.1, 0.15) is 62.1 Å². The SMILES string of the molecule is O=C(OCC1=C[C@@H](OC(=O)c2ccccc2)[C@@H]2C=CO[C@@H](O[C@H]3O[C@@H](COC(=O)c4ccccc4)[C@H](OC(=O)c4ccccc4)[C@@H](OC(=O)c4ccccc4)[C@@H]3OC(=O)c3ccccc3)[C@H]12)c1ccccc1. The van der Waals surface area contributed by atoms with Gasteiger partial charge in [0, 0.05) is 5.92 Å². The van der Waals surface area contributed by atoms with Gasteiger partial charge >= 0.3 is 35.8 Å². The quantitative estimate of drug-likeness (QED) is 0.0511. The van der Waals surface area contributed by atoms with Gasteiger partial charge in [-0.05, 0) is 90.5 Å². The Hall–Kier alpha value is -8.66. The molecule has 0 bridgehead atoms. The Morgan fingerprint density at radius 1 is 0.417 bits per heavy atom. The monoisotopic (exact) mass is 970 g/mol.